The van der Waals surface area contributed by atoms with Crippen molar-refractivity contribution in [2.45, 2.75) is 57.6 Å². The fraction of sp³-hybridized carbons (Fsp3) is 0.733. The molecule has 0 spiro atoms. The first-order valence-corrected chi connectivity index (χ1v) is 8.19. The van der Waals surface area contributed by atoms with Gasteiger partial charge in [0.15, 0.2) is 0 Å². The molecule has 0 aliphatic carbocycles. The lowest BCUT2D eigenvalue weighted by molar-refractivity contribution is 0.00484. The van der Waals surface area contributed by atoms with Gasteiger partial charge in [-0.2, -0.15) is 11.3 Å². The van der Waals surface area contributed by atoms with E-state index in [1.165, 1.54) is 44.1 Å². The Bertz CT molecular complexity index is 306. The van der Waals surface area contributed by atoms with Crippen molar-refractivity contribution in [2.75, 3.05) is 13.2 Å². The summed E-state index contributed by atoms with van der Waals surface area (Å²) < 4.78 is 5.85. The molecule has 2 unspecified atom stereocenters. The predicted molar refractivity (Wildman–Crippen MR) is 78.3 cm³/mol. The average molecular weight is 267 g/mol. The van der Waals surface area contributed by atoms with Gasteiger partial charge in [0, 0.05) is 12.6 Å². The number of hydrogen-bond acceptors (Lipinski definition) is 3. The third-order valence-corrected chi connectivity index (χ3v) is 4.41. The van der Waals surface area contributed by atoms with Gasteiger partial charge in [0.1, 0.15) is 0 Å². The van der Waals surface area contributed by atoms with Crippen LogP contribution in [-0.2, 0) is 11.2 Å². The lowest BCUT2D eigenvalue weighted by Crippen LogP contribution is -2.35. The van der Waals surface area contributed by atoms with Crippen molar-refractivity contribution in [1.29, 1.82) is 0 Å². The van der Waals surface area contributed by atoms with E-state index < -0.39 is 0 Å². The zero-order valence-corrected chi connectivity index (χ0v) is 12.2. The van der Waals surface area contributed by atoms with Crippen LogP contribution in [0.5, 0.6) is 0 Å². The van der Waals surface area contributed by atoms with Gasteiger partial charge in [-0.3, -0.25) is 0 Å². The quantitative estimate of drug-likeness (QED) is 0.814. The van der Waals surface area contributed by atoms with Gasteiger partial charge in [0.2, 0.25) is 0 Å². The Labute approximate surface area is 115 Å². The Morgan fingerprint density at radius 1 is 1.50 bits per heavy atom. The summed E-state index contributed by atoms with van der Waals surface area (Å²) in [5.41, 5.74) is 1.48. The van der Waals surface area contributed by atoms with Gasteiger partial charge < -0.3 is 10.1 Å². The number of thiophene rings is 1. The SMILES string of the molecule is CCNC(CCc1ccsc1)CC1CCCCO1. The van der Waals surface area contributed by atoms with Gasteiger partial charge in [0.25, 0.3) is 0 Å². The lowest BCUT2D eigenvalue weighted by atomic mass is 9.97. The van der Waals surface area contributed by atoms with E-state index in [1.54, 1.807) is 11.3 Å². The first-order chi connectivity index (χ1) is 8.88. The normalized spacial score (nSPS) is 21.9. The van der Waals surface area contributed by atoms with E-state index in [-0.39, 0.29) is 0 Å². The Balaban J connectivity index is 1.75. The second kappa shape index (κ2) is 7.93. The molecule has 1 N–H and O–H groups in total. The summed E-state index contributed by atoms with van der Waals surface area (Å²) in [6, 6.07) is 2.85. The monoisotopic (exact) mass is 267 g/mol. The van der Waals surface area contributed by atoms with Crippen LogP contribution in [0.3, 0.4) is 0 Å². The average Bonchev–Trinajstić information content (AvgIpc) is 2.91. The molecular weight excluding hydrogens is 242 g/mol. The van der Waals surface area contributed by atoms with Gasteiger partial charge in [-0.15, -0.1) is 0 Å². The predicted octanol–water partition coefficient (Wildman–Crippen LogP) is 3.62. The number of rotatable bonds is 7. The lowest BCUT2D eigenvalue weighted by Gasteiger charge is -2.27. The van der Waals surface area contributed by atoms with Crippen molar-refractivity contribution in [2.24, 2.45) is 0 Å². The van der Waals surface area contributed by atoms with E-state index in [0.29, 0.717) is 12.1 Å². The zero-order valence-electron chi connectivity index (χ0n) is 11.4. The summed E-state index contributed by atoms with van der Waals surface area (Å²) in [7, 11) is 0. The largest absolute Gasteiger partial charge is 0.378 e. The highest BCUT2D eigenvalue weighted by atomic mass is 32.1. The van der Waals surface area contributed by atoms with Gasteiger partial charge >= 0.3 is 0 Å². The fourth-order valence-corrected chi connectivity index (χ4v) is 3.38. The molecule has 1 aromatic rings. The Morgan fingerprint density at radius 3 is 3.11 bits per heavy atom. The molecule has 2 nitrogen and oxygen atoms in total. The van der Waals surface area contributed by atoms with Crippen LogP contribution in [-0.4, -0.2) is 25.3 Å². The molecule has 0 radical (unpaired) electrons. The summed E-state index contributed by atoms with van der Waals surface area (Å²) in [5.74, 6) is 0. The molecule has 18 heavy (non-hydrogen) atoms. The maximum atomic E-state index is 5.85. The molecule has 0 bridgehead atoms. The van der Waals surface area contributed by atoms with Gasteiger partial charge in [-0.05, 0) is 67.5 Å². The van der Waals surface area contributed by atoms with Crippen molar-refractivity contribution in [1.82, 2.24) is 5.32 Å². The van der Waals surface area contributed by atoms with Crippen molar-refractivity contribution in [3.8, 4) is 0 Å². The van der Waals surface area contributed by atoms with Gasteiger partial charge in [-0.25, -0.2) is 0 Å². The van der Waals surface area contributed by atoms with Gasteiger partial charge in [0.05, 0.1) is 6.10 Å². The molecule has 0 amide bonds. The molecule has 1 saturated heterocycles. The highest BCUT2D eigenvalue weighted by Gasteiger charge is 2.18. The van der Waals surface area contributed by atoms with Crippen LogP contribution in [0, 0.1) is 0 Å². The molecule has 1 aliphatic rings. The maximum Gasteiger partial charge on any atom is 0.0590 e. The molecule has 0 aromatic carbocycles. The second-order valence-electron chi connectivity index (χ2n) is 5.15. The van der Waals surface area contributed by atoms with E-state index >= 15 is 0 Å². The fourth-order valence-electron chi connectivity index (χ4n) is 2.68. The van der Waals surface area contributed by atoms with E-state index in [1.807, 2.05) is 0 Å². The molecule has 1 fully saturated rings. The number of nitrogens with one attached hydrogen (secondary N) is 1. The van der Waals surface area contributed by atoms with Crippen molar-refractivity contribution < 1.29 is 4.74 Å². The van der Waals surface area contributed by atoms with E-state index in [4.69, 9.17) is 4.74 Å². The molecule has 0 saturated carbocycles. The summed E-state index contributed by atoms with van der Waals surface area (Å²) >= 11 is 1.80. The molecule has 2 atom stereocenters. The smallest absolute Gasteiger partial charge is 0.0590 e. The van der Waals surface area contributed by atoms with Gasteiger partial charge in [-0.1, -0.05) is 6.92 Å². The summed E-state index contributed by atoms with van der Waals surface area (Å²) in [4.78, 5) is 0. The van der Waals surface area contributed by atoms with Crippen LogP contribution in [0.25, 0.3) is 0 Å². The van der Waals surface area contributed by atoms with Crippen LogP contribution in [0.15, 0.2) is 16.8 Å². The number of ether oxygens (including phenoxy) is 1. The topological polar surface area (TPSA) is 21.3 Å². The molecular formula is C15H25NOS. The van der Waals surface area contributed by atoms with Crippen LogP contribution in [0.4, 0.5) is 0 Å². The highest BCUT2D eigenvalue weighted by molar-refractivity contribution is 7.07. The van der Waals surface area contributed by atoms with Crippen LogP contribution in [0.2, 0.25) is 0 Å². The van der Waals surface area contributed by atoms with E-state index in [0.717, 1.165) is 13.2 Å². The van der Waals surface area contributed by atoms with Crippen molar-refractivity contribution >= 4 is 11.3 Å². The minimum atomic E-state index is 0.491. The summed E-state index contributed by atoms with van der Waals surface area (Å²) in [5, 5.41) is 8.05. The Kier molecular flexibility index (Phi) is 6.18. The number of aryl methyl sites for hydroxylation is 1. The minimum absolute atomic E-state index is 0.491. The standard InChI is InChI=1S/C15H25NOS/c1-2-16-14(7-6-13-8-10-18-12-13)11-15-5-3-4-9-17-15/h8,10,12,14-16H,2-7,9,11H2,1H3. The van der Waals surface area contributed by atoms with Crippen LogP contribution < -0.4 is 5.32 Å². The van der Waals surface area contributed by atoms with Crippen LogP contribution >= 0.6 is 11.3 Å². The molecule has 3 heteroatoms. The molecule has 102 valence electrons. The molecule has 2 rings (SSSR count). The third-order valence-electron chi connectivity index (χ3n) is 3.68. The summed E-state index contributed by atoms with van der Waals surface area (Å²) in [6.45, 7) is 4.22. The highest BCUT2D eigenvalue weighted by Crippen LogP contribution is 2.19. The second-order valence-corrected chi connectivity index (χ2v) is 5.93. The Morgan fingerprint density at radius 2 is 2.44 bits per heavy atom. The summed E-state index contributed by atoms with van der Waals surface area (Å²) in [6.07, 6.45) is 7.92. The first kappa shape index (κ1) is 14.0. The van der Waals surface area contributed by atoms with Crippen molar-refractivity contribution in [3.63, 3.8) is 0 Å². The molecule has 1 aliphatic heterocycles. The number of hydrogen-bond donors (Lipinski definition) is 1. The minimum Gasteiger partial charge on any atom is -0.378 e. The first-order valence-electron chi connectivity index (χ1n) is 7.24. The zero-order chi connectivity index (χ0) is 12.6. The van der Waals surface area contributed by atoms with E-state index in [9.17, 15) is 0 Å². The maximum absolute atomic E-state index is 5.85. The molecule has 1 aromatic heterocycles. The van der Waals surface area contributed by atoms with Crippen LogP contribution in [0.1, 0.15) is 44.6 Å². The molecule has 2 heterocycles. The Hall–Kier alpha value is -0.380. The van der Waals surface area contributed by atoms with E-state index in [2.05, 4.69) is 29.1 Å². The third kappa shape index (κ3) is 4.71. The van der Waals surface area contributed by atoms with Crippen molar-refractivity contribution in [3.05, 3.63) is 22.4 Å².